The van der Waals surface area contributed by atoms with Crippen LogP contribution >= 0.6 is 11.6 Å². The molecule has 0 unspecified atom stereocenters. The van der Waals surface area contributed by atoms with E-state index in [2.05, 4.69) is 20.9 Å². The molecule has 2 aliphatic rings. The first-order chi connectivity index (χ1) is 17.2. The molecule has 0 amide bonds. The van der Waals surface area contributed by atoms with Crippen molar-refractivity contribution in [2.45, 2.75) is 56.1 Å². The van der Waals surface area contributed by atoms with Crippen LogP contribution in [0.15, 0.2) is 30.5 Å². The van der Waals surface area contributed by atoms with Crippen LogP contribution < -0.4 is 21.7 Å². The lowest BCUT2D eigenvalue weighted by Gasteiger charge is -2.33. The zero-order valence-corrected chi connectivity index (χ0v) is 22.4. The van der Waals surface area contributed by atoms with E-state index in [9.17, 15) is 8.42 Å². The predicted octanol–water partition coefficient (Wildman–Crippen LogP) is 3.07. The van der Waals surface area contributed by atoms with Crippen LogP contribution in [0.25, 0.3) is 11.3 Å². The second-order valence-electron chi connectivity index (χ2n) is 10.1. The van der Waals surface area contributed by atoms with Crippen molar-refractivity contribution in [3.05, 3.63) is 35.5 Å². The first kappa shape index (κ1) is 27.1. The Morgan fingerprint density at radius 3 is 2.58 bits per heavy atom. The van der Waals surface area contributed by atoms with E-state index in [4.69, 9.17) is 27.1 Å². The lowest BCUT2D eigenvalue weighted by Crippen LogP contribution is -2.50. The molecule has 5 N–H and O–H groups in total. The maximum absolute atomic E-state index is 11.3. The summed E-state index contributed by atoms with van der Waals surface area (Å²) >= 11 is 6.51. The number of hydrogen-bond donors (Lipinski definition) is 4. The molecule has 9 nitrogen and oxygen atoms in total. The molecule has 0 radical (unpaired) electrons. The number of anilines is 2. The molecule has 2 aromatic rings. The minimum Gasteiger partial charge on any atom is -0.381 e. The number of aromatic nitrogens is 2. The molecule has 1 aliphatic carbocycles. The number of nitrogens with zero attached hydrogens (tertiary/aromatic N) is 2. The first-order valence-corrected chi connectivity index (χ1v) is 15.0. The number of nitrogens with one attached hydrogen (secondary N) is 3. The van der Waals surface area contributed by atoms with Gasteiger partial charge in [0, 0.05) is 61.9 Å². The highest BCUT2D eigenvalue weighted by molar-refractivity contribution is 7.90. The van der Waals surface area contributed by atoms with Crippen molar-refractivity contribution in [2.24, 2.45) is 5.73 Å². The summed E-state index contributed by atoms with van der Waals surface area (Å²) in [6.07, 6.45) is 8.54. The molecule has 1 aliphatic heterocycles. The minimum absolute atomic E-state index is 0.176. The molecule has 11 heteroatoms. The first-order valence-electron chi connectivity index (χ1n) is 12.6. The number of halogens is 1. The molecule has 0 aromatic carbocycles. The number of sulfone groups is 1. The van der Waals surface area contributed by atoms with E-state index in [0.717, 1.165) is 61.4 Å². The highest BCUT2D eigenvalue weighted by Gasteiger charge is 2.28. The molecule has 4 rings (SSSR count). The van der Waals surface area contributed by atoms with Gasteiger partial charge in [0.05, 0.1) is 16.5 Å². The molecule has 2 aromatic heterocycles. The fourth-order valence-electron chi connectivity index (χ4n) is 4.72. The van der Waals surface area contributed by atoms with Gasteiger partial charge in [-0.2, -0.15) is 0 Å². The summed E-state index contributed by atoms with van der Waals surface area (Å²) < 4.78 is 28.1. The lowest BCUT2D eigenvalue weighted by molar-refractivity contribution is 0.0574. The van der Waals surface area contributed by atoms with Crippen molar-refractivity contribution in [1.82, 2.24) is 15.3 Å². The van der Waals surface area contributed by atoms with Gasteiger partial charge in [-0.1, -0.05) is 17.7 Å². The summed E-state index contributed by atoms with van der Waals surface area (Å²) in [4.78, 5) is 9.26. The topological polar surface area (TPSA) is 131 Å². The van der Waals surface area contributed by atoms with Gasteiger partial charge in [0.2, 0.25) is 0 Å². The third-order valence-electron chi connectivity index (χ3n) is 6.98. The number of nitrogens with two attached hydrogens (primary N) is 1. The maximum atomic E-state index is 11.3. The summed E-state index contributed by atoms with van der Waals surface area (Å²) in [5.74, 6) is 1.70. The van der Waals surface area contributed by atoms with Crippen molar-refractivity contribution in [3.8, 4) is 11.3 Å². The van der Waals surface area contributed by atoms with Gasteiger partial charge in [0.25, 0.3) is 0 Å². The molecule has 1 saturated carbocycles. The zero-order chi connectivity index (χ0) is 25.6. The van der Waals surface area contributed by atoms with E-state index in [0.29, 0.717) is 43.4 Å². The summed E-state index contributed by atoms with van der Waals surface area (Å²) in [5.41, 5.74) is 7.81. The molecular formula is C25H37ClN6O3S. The Labute approximate surface area is 218 Å². The number of ether oxygens (including phenoxy) is 1. The molecule has 198 valence electrons. The summed E-state index contributed by atoms with van der Waals surface area (Å²) in [6.45, 7) is 2.52. The maximum Gasteiger partial charge on any atom is 0.148 e. The van der Waals surface area contributed by atoms with Gasteiger partial charge in [-0.05, 0) is 56.7 Å². The van der Waals surface area contributed by atoms with Crippen LogP contribution in [0.4, 0.5) is 11.6 Å². The number of rotatable bonds is 10. The van der Waals surface area contributed by atoms with Gasteiger partial charge in [0.15, 0.2) is 0 Å². The average Bonchev–Trinajstić information content (AvgIpc) is 2.85. The molecular weight excluding hydrogens is 500 g/mol. The Kier molecular flexibility index (Phi) is 9.05. The quantitative estimate of drug-likeness (QED) is 0.361. The standard InChI is InChI=1S/C25H37ClN6O3S/c1-36(33,34)14-11-28-18-5-7-19(8-6-18)31-24-15-20(21(26)16-29-24)22-3-2-4-23(32-22)30-17-25(27)9-12-35-13-10-25/h2-4,15-16,18-19,28H,5-14,17,27H2,1H3,(H,29,31)(H,30,32)/t18-,19-. The van der Waals surface area contributed by atoms with E-state index in [-0.39, 0.29) is 11.3 Å². The summed E-state index contributed by atoms with van der Waals surface area (Å²) in [7, 11) is -2.93. The number of pyridine rings is 2. The molecule has 2 fully saturated rings. The van der Waals surface area contributed by atoms with Crippen LogP contribution in [-0.2, 0) is 14.6 Å². The predicted molar refractivity (Wildman–Crippen MR) is 145 cm³/mol. The summed E-state index contributed by atoms with van der Waals surface area (Å²) in [5, 5.41) is 10.8. The lowest BCUT2D eigenvalue weighted by atomic mass is 9.91. The normalized spacial score (nSPS) is 22.2. The Bertz CT molecular complexity index is 1120. The van der Waals surface area contributed by atoms with E-state index in [1.54, 1.807) is 6.20 Å². The second kappa shape index (κ2) is 12.0. The Hall–Kier alpha value is -1.98. The van der Waals surface area contributed by atoms with E-state index < -0.39 is 9.84 Å². The van der Waals surface area contributed by atoms with Gasteiger partial charge in [0.1, 0.15) is 21.5 Å². The SMILES string of the molecule is CS(=O)(=O)CCN[C@H]1CC[C@H](Nc2cc(-c3cccc(NCC4(N)CCOCC4)n3)c(Cl)cn2)CC1. The molecule has 0 atom stereocenters. The van der Waals surface area contributed by atoms with Gasteiger partial charge < -0.3 is 26.4 Å². The number of hydrogen-bond acceptors (Lipinski definition) is 9. The van der Waals surface area contributed by atoms with Crippen LogP contribution in [0.1, 0.15) is 38.5 Å². The fourth-order valence-corrected chi connectivity index (χ4v) is 5.41. The molecule has 1 saturated heterocycles. The Morgan fingerprint density at radius 2 is 1.86 bits per heavy atom. The average molecular weight is 537 g/mol. The van der Waals surface area contributed by atoms with Crippen molar-refractivity contribution in [3.63, 3.8) is 0 Å². The monoisotopic (exact) mass is 536 g/mol. The molecule has 3 heterocycles. The van der Waals surface area contributed by atoms with Crippen molar-refractivity contribution >= 4 is 33.1 Å². The van der Waals surface area contributed by atoms with E-state index >= 15 is 0 Å². The largest absolute Gasteiger partial charge is 0.381 e. The summed E-state index contributed by atoms with van der Waals surface area (Å²) in [6, 6.07) is 8.44. The highest BCUT2D eigenvalue weighted by atomic mass is 35.5. The molecule has 0 spiro atoms. The fraction of sp³-hybridized carbons (Fsp3) is 0.600. The van der Waals surface area contributed by atoms with E-state index in [1.165, 1.54) is 6.26 Å². The third-order valence-corrected chi connectivity index (χ3v) is 8.22. The van der Waals surface area contributed by atoms with Crippen molar-refractivity contribution in [2.75, 3.05) is 48.9 Å². The van der Waals surface area contributed by atoms with Crippen LogP contribution in [0.3, 0.4) is 0 Å². The van der Waals surface area contributed by atoms with Crippen LogP contribution in [0.5, 0.6) is 0 Å². The van der Waals surface area contributed by atoms with Crippen molar-refractivity contribution in [1.29, 1.82) is 0 Å². The van der Waals surface area contributed by atoms with Crippen LogP contribution in [-0.4, -0.2) is 74.3 Å². The van der Waals surface area contributed by atoms with Gasteiger partial charge in [-0.15, -0.1) is 0 Å². The van der Waals surface area contributed by atoms with Gasteiger partial charge >= 0.3 is 0 Å². The Balaban J connectivity index is 1.33. The zero-order valence-electron chi connectivity index (χ0n) is 20.8. The van der Waals surface area contributed by atoms with Gasteiger partial charge in [-0.3, -0.25) is 0 Å². The minimum atomic E-state index is -2.93. The molecule has 36 heavy (non-hydrogen) atoms. The molecule has 0 bridgehead atoms. The van der Waals surface area contributed by atoms with E-state index in [1.807, 2.05) is 24.3 Å². The second-order valence-corrected chi connectivity index (χ2v) is 12.7. The van der Waals surface area contributed by atoms with Crippen molar-refractivity contribution < 1.29 is 13.2 Å². The third kappa shape index (κ3) is 8.01. The smallest absolute Gasteiger partial charge is 0.148 e. The highest BCUT2D eigenvalue weighted by Crippen LogP contribution is 2.30. The van der Waals surface area contributed by atoms with Crippen LogP contribution in [0, 0.1) is 0 Å². The van der Waals surface area contributed by atoms with Crippen LogP contribution in [0.2, 0.25) is 5.02 Å². The van der Waals surface area contributed by atoms with Gasteiger partial charge in [-0.25, -0.2) is 18.4 Å². The Morgan fingerprint density at radius 1 is 1.14 bits per heavy atom.